The van der Waals surface area contributed by atoms with E-state index >= 15 is 0 Å². The Labute approximate surface area is 129 Å². The number of fused-ring (bicyclic) bond motifs is 1. The highest BCUT2D eigenvalue weighted by molar-refractivity contribution is 5.75. The first kappa shape index (κ1) is 17.1. The summed E-state index contributed by atoms with van der Waals surface area (Å²) in [5.41, 5.74) is -1.54. The minimum Gasteiger partial charge on any atom is -0.394 e. The number of aromatic nitrogens is 2. The molecule has 1 aliphatic rings. The van der Waals surface area contributed by atoms with Crippen molar-refractivity contribution in [2.24, 2.45) is 0 Å². The van der Waals surface area contributed by atoms with Crippen molar-refractivity contribution in [3.8, 4) is 0 Å². The third-order valence-electron chi connectivity index (χ3n) is 3.53. The smallest absolute Gasteiger partial charge is 0.327 e. The average molecular weight is 330 g/mol. The highest BCUT2D eigenvalue weighted by Gasteiger charge is 2.31. The van der Waals surface area contributed by atoms with Gasteiger partial charge in [0.05, 0.1) is 18.8 Å². The van der Waals surface area contributed by atoms with E-state index in [1.807, 2.05) is 4.98 Å². The molecule has 4 unspecified atom stereocenters. The Balaban J connectivity index is 2.30. The number of anilines is 2. The Morgan fingerprint density at radius 2 is 1.91 bits per heavy atom. The second kappa shape index (κ2) is 6.91. The van der Waals surface area contributed by atoms with Gasteiger partial charge in [0.15, 0.2) is 0 Å². The molecule has 1 aromatic rings. The molecule has 0 radical (unpaired) electrons. The zero-order chi connectivity index (χ0) is 17.1. The van der Waals surface area contributed by atoms with Crippen LogP contribution in [0.15, 0.2) is 9.59 Å². The van der Waals surface area contributed by atoms with Crippen LogP contribution in [-0.2, 0) is 4.79 Å². The van der Waals surface area contributed by atoms with Crippen LogP contribution >= 0.6 is 0 Å². The van der Waals surface area contributed by atoms with E-state index in [2.05, 4.69) is 10.3 Å². The number of aldehydes is 1. The van der Waals surface area contributed by atoms with Crippen LogP contribution in [0.4, 0.5) is 11.5 Å². The van der Waals surface area contributed by atoms with Crippen molar-refractivity contribution in [2.75, 3.05) is 29.9 Å². The lowest BCUT2D eigenvalue weighted by Gasteiger charge is -2.36. The second-order valence-electron chi connectivity index (χ2n) is 5.23. The molecular weight excluding hydrogens is 312 g/mol. The first-order valence-electron chi connectivity index (χ1n) is 6.85. The van der Waals surface area contributed by atoms with Gasteiger partial charge in [0, 0.05) is 13.1 Å². The van der Waals surface area contributed by atoms with Gasteiger partial charge in [-0.3, -0.25) is 14.8 Å². The predicted octanol–water partition coefficient (Wildman–Crippen LogP) is -4.06. The van der Waals surface area contributed by atoms with E-state index in [4.69, 9.17) is 5.11 Å². The van der Waals surface area contributed by atoms with Gasteiger partial charge in [-0.2, -0.15) is 0 Å². The molecule has 128 valence electrons. The Kier molecular flexibility index (Phi) is 5.15. The number of aliphatic hydroxyl groups is 4. The molecular formula is C12H18N4O7. The minimum atomic E-state index is -1.64. The Morgan fingerprint density at radius 1 is 1.22 bits per heavy atom. The third kappa shape index (κ3) is 3.59. The van der Waals surface area contributed by atoms with Gasteiger partial charge in [0.25, 0.3) is 5.56 Å². The summed E-state index contributed by atoms with van der Waals surface area (Å²) in [6, 6.07) is -0.762. The molecule has 1 aromatic heterocycles. The summed E-state index contributed by atoms with van der Waals surface area (Å²) >= 11 is 0. The number of carbonyl (C=O) groups is 1. The van der Waals surface area contributed by atoms with E-state index in [0.29, 0.717) is 6.29 Å². The minimum absolute atomic E-state index is 0.0227. The van der Waals surface area contributed by atoms with E-state index in [0.717, 1.165) is 0 Å². The van der Waals surface area contributed by atoms with Gasteiger partial charge in [0.2, 0.25) is 0 Å². The van der Waals surface area contributed by atoms with Gasteiger partial charge < -0.3 is 35.4 Å². The molecule has 11 nitrogen and oxygen atoms in total. The monoisotopic (exact) mass is 330 g/mol. The van der Waals surface area contributed by atoms with Crippen molar-refractivity contribution < 1.29 is 25.2 Å². The number of aromatic amines is 2. The lowest BCUT2D eigenvalue weighted by molar-refractivity contribution is -0.108. The highest BCUT2D eigenvalue weighted by atomic mass is 16.4. The highest BCUT2D eigenvalue weighted by Crippen LogP contribution is 2.23. The second-order valence-corrected chi connectivity index (χ2v) is 5.23. The van der Waals surface area contributed by atoms with Crippen molar-refractivity contribution in [3.05, 3.63) is 20.8 Å². The summed E-state index contributed by atoms with van der Waals surface area (Å²) in [5, 5.41) is 40.4. The summed E-state index contributed by atoms with van der Waals surface area (Å²) < 4.78 is 0. The van der Waals surface area contributed by atoms with Crippen molar-refractivity contribution in [3.63, 3.8) is 0 Å². The summed E-state index contributed by atoms with van der Waals surface area (Å²) in [5.74, 6) is 0.0570. The molecule has 11 heteroatoms. The van der Waals surface area contributed by atoms with E-state index in [1.165, 1.54) is 4.90 Å². The van der Waals surface area contributed by atoms with Gasteiger partial charge >= 0.3 is 5.69 Å². The number of nitrogens with one attached hydrogen (secondary N) is 3. The zero-order valence-electron chi connectivity index (χ0n) is 12.0. The summed E-state index contributed by atoms with van der Waals surface area (Å²) in [6.07, 6.45) is -4.11. The van der Waals surface area contributed by atoms with Crippen LogP contribution in [0, 0.1) is 0 Å². The number of β-amino-alcohol motifs (C(OH)–C–C–N with tert-alkyl or cyclic N) is 1. The molecule has 7 N–H and O–H groups in total. The normalized spacial score (nSPS) is 21.0. The number of H-pyrrole nitrogens is 2. The quantitative estimate of drug-likeness (QED) is 0.255. The van der Waals surface area contributed by atoms with Crippen LogP contribution in [0.1, 0.15) is 0 Å². The van der Waals surface area contributed by atoms with Gasteiger partial charge in [-0.25, -0.2) is 4.79 Å². The largest absolute Gasteiger partial charge is 0.394 e. The van der Waals surface area contributed by atoms with Crippen LogP contribution in [0.2, 0.25) is 0 Å². The molecule has 0 bridgehead atoms. The molecule has 2 rings (SSSR count). The van der Waals surface area contributed by atoms with Crippen LogP contribution in [0.25, 0.3) is 0 Å². The fourth-order valence-corrected chi connectivity index (χ4v) is 2.35. The zero-order valence-corrected chi connectivity index (χ0v) is 12.0. The van der Waals surface area contributed by atoms with Gasteiger partial charge in [-0.15, -0.1) is 0 Å². The first-order valence-corrected chi connectivity index (χ1v) is 6.85. The fraction of sp³-hybridized carbons (Fsp3) is 0.583. The molecule has 0 saturated carbocycles. The molecule has 2 heterocycles. The maximum absolute atomic E-state index is 11.8. The molecule has 0 saturated heterocycles. The van der Waals surface area contributed by atoms with Gasteiger partial charge in [0.1, 0.15) is 30.0 Å². The third-order valence-corrected chi connectivity index (χ3v) is 3.53. The van der Waals surface area contributed by atoms with Gasteiger partial charge in [-0.05, 0) is 0 Å². The summed E-state index contributed by atoms with van der Waals surface area (Å²) in [4.78, 5) is 39.9. The fourth-order valence-electron chi connectivity index (χ4n) is 2.35. The first-order chi connectivity index (χ1) is 10.9. The Morgan fingerprint density at radius 3 is 2.52 bits per heavy atom. The SMILES string of the molecule is O=CC1CN(CC(O)C(O)C(O)CO)c2[nH]c(=O)[nH]c(=O)c2N1. The number of rotatable bonds is 6. The van der Waals surface area contributed by atoms with Crippen molar-refractivity contribution in [2.45, 2.75) is 24.4 Å². The Hall–Kier alpha value is -2.21. The topological polar surface area (TPSA) is 179 Å². The maximum atomic E-state index is 11.8. The molecule has 0 spiro atoms. The summed E-state index contributed by atoms with van der Waals surface area (Å²) in [6.45, 7) is -1.00. The number of hydrogen-bond donors (Lipinski definition) is 7. The molecule has 0 fully saturated rings. The molecule has 0 aromatic carbocycles. The molecule has 0 amide bonds. The lowest BCUT2D eigenvalue weighted by atomic mass is 10.1. The van der Waals surface area contributed by atoms with E-state index < -0.39 is 42.2 Å². The van der Waals surface area contributed by atoms with E-state index in [9.17, 15) is 29.7 Å². The standard InChI is InChI=1S/C12H18N4O7/c17-3-5-1-16(2-6(19)9(21)7(20)4-18)10-8(13-5)11(22)15-12(23)14-10/h3,5-7,9,13,18-21H,1-2,4H2,(H2,14,15,22,23). The van der Waals surface area contributed by atoms with Crippen LogP contribution in [0.3, 0.4) is 0 Å². The molecule has 1 aliphatic heterocycles. The number of hydrogen-bond acceptors (Lipinski definition) is 9. The van der Waals surface area contributed by atoms with Gasteiger partial charge in [-0.1, -0.05) is 0 Å². The maximum Gasteiger partial charge on any atom is 0.327 e. The number of nitrogens with zero attached hydrogens (tertiary/aromatic N) is 1. The van der Waals surface area contributed by atoms with E-state index in [1.54, 1.807) is 0 Å². The van der Waals surface area contributed by atoms with Crippen molar-refractivity contribution in [1.29, 1.82) is 0 Å². The van der Waals surface area contributed by atoms with Crippen molar-refractivity contribution >= 4 is 17.8 Å². The lowest BCUT2D eigenvalue weighted by Crippen LogP contribution is -2.52. The van der Waals surface area contributed by atoms with Crippen LogP contribution < -0.4 is 21.5 Å². The molecule has 23 heavy (non-hydrogen) atoms. The van der Waals surface area contributed by atoms with Crippen LogP contribution in [0.5, 0.6) is 0 Å². The number of aliphatic hydroxyl groups excluding tert-OH is 4. The van der Waals surface area contributed by atoms with E-state index in [-0.39, 0.29) is 24.6 Å². The predicted molar refractivity (Wildman–Crippen MR) is 78.5 cm³/mol. The molecule has 4 atom stereocenters. The Bertz CT molecular complexity index is 672. The number of carbonyl (C=O) groups excluding carboxylic acids is 1. The summed E-state index contributed by atoms with van der Waals surface area (Å²) in [7, 11) is 0. The van der Waals surface area contributed by atoms with Crippen molar-refractivity contribution in [1.82, 2.24) is 9.97 Å². The average Bonchev–Trinajstić information content (AvgIpc) is 2.53. The molecule has 0 aliphatic carbocycles. The van der Waals surface area contributed by atoms with Crippen LogP contribution in [-0.4, -0.2) is 80.7 Å².